The smallest absolute Gasteiger partial charge is 0.255 e. The third kappa shape index (κ3) is 3.15. The Labute approximate surface area is 128 Å². The third-order valence-corrected chi connectivity index (χ3v) is 3.18. The van der Waals surface area contributed by atoms with Gasteiger partial charge in [-0.15, -0.1) is 0 Å². The van der Waals surface area contributed by atoms with Gasteiger partial charge in [0, 0.05) is 30.7 Å². The number of rotatable bonds is 4. The molecule has 5 nitrogen and oxygen atoms in total. The zero-order valence-corrected chi connectivity index (χ0v) is 11.8. The monoisotopic (exact) mass is 290 g/mol. The maximum Gasteiger partial charge on any atom is 0.255 e. The average Bonchev–Trinajstić information content (AvgIpc) is 2.61. The molecule has 3 rings (SSSR count). The van der Waals surface area contributed by atoms with Crippen LogP contribution in [0, 0.1) is 0 Å². The lowest BCUT2D eigenvalue weighted by Crippen LogP contribution is -2.24. The van der Waals surface area contributed by atoms with Gasteiger partial charge >= 0.3 is 0 Å². The van der Waals surface area contributed by atoms with Gasteiger partial charge in [0.15, 0.2) is 0 Å². The van der Waals surface area contributed by atoms with E-state index < -0.39 is 0 Å². The molecule has 5 heteroatoms. The number of hydrogen-bond acceptors (Lipinski definition) is 4. The molecule has 0 unspecified atom stereocenters. The Kier molecular flexibility index (Phi) is 4.15. The van der Waals surface area contributed by atoms with Crippen molar-refractivity contribution >= 4 is 5.91 Å². The van der Waals surface area contributed by atoms with Gasteiger partial charge in [0.05, 0.1) is 11.3 Å². The summed E-state index contributed by atoms with van der Waals surface area (Å²) < 4.78 is 0. The van der Waals surface area contributed by atoms with E-state index in [-0.39, 0.29) is 5.91 Å². The molecule has 0 aliphatic carbocycles. The summed E-state index contributed by atoms with van der Waals surface area (Å²) >= 11 is 0. The fourth-order valence-corrected chi connectivity index (χ4v) is 2.10. The number of benzene rings is 1. The van der Waals surface area contributed by atoms with Gasteiger partial charge in [0.2, 0.25) is 0 Å². The fraction of sp³-hybridized carbons (Fsp3) is 0.0588. The first kappa shape index (κ1) is 13.9. The van der Waals surface area contributed by atoms with Crippen LogP contribution in [0.1, 0.15) is 15.9 Å². The van der Waals surface area contributed by atoms with E-state index in [1.165, 1.54) is 12.5 Å². The van der Waals surface area contributed by atoms with Crippen molar-refractivity contribution in [1.29, 1.82) is 0 Å². The number of carbonyl (C=O) groups is 1. The summed E-state index contributed by atoms with van der Waals surface area (Å²) in [5, 5.41) is 2.87. The van der Waals surface area contributed by atoms with Crippen LogP contribution in [0.3, 0.4) is 0 Å². The Bertz CT molecular complexity index is 760. The number of pyridine rings is 1. The molecule has 0 saturated heterocycles. The van der Waals surface area contributed by atoms with Crippen molar-refractivity contribution in [2.45, 2.75) is 6.54 Å². The van der Waals surface area contributed by atoms with Crippen LogP contribution in [-0.4, -0.2) is 20.9 Å². The molecule has 1 amide bonds. The number of amides is 1. The highest BCUT2D eigenvalue weighted by molar-refractivity contribution is 5.99. The quantitative estimate of drug-likeness (QED) is 0.801. The Hall–Kier alpha value is -3.08. The molecule has 1 aromatic carbocycles. The highest BCUT2D eigenvalue weighted by atomic mass is 16.1. The molecule has 0 saturated carbocycles. The number of nitrogens with zero attached hydrogens (tertiary/aromatic N) is 3. The van der Waals surface area contributed by atoms with Crippen LogP contribution >= 0.6 is 0 Å². The Morgan fingerprint density at radius 1 is 1.00 bits per heavy atom. The molecule has 0 fully saturated rings. The van der Waals surface area contributed by atoms with E-state index in [1.54, 1.807) is 12.4 Å². The van der Waals surface area contributed by atoms with Crippen LogP contribution < -0.4 is 5.32 Å². The zero-order valence-electron chi connectivity index (χ0n) is 11.8. The van der Waals surface area contributed by atoms with Crippen molar-refractivity contribution in [2.24, 2.45) is 0 Å². The summed E-state index contributed by atoms with van der Waals surface area (Å²) in [6.07, 6.45) is 6.40. The topological polar surface area (TPSA) is 67.8 Å². The van der Waals surface area contributed by atoms with Gasteiger partial charge in [-0.2, -0.15) is 0 Å². The van der Waals surface area contributed by atoms with E-state index in [0.717, 1.165) is 11.1 Å². The average molecular weight is 290 g/mol. The molecule has 3 aromatic rings. The molecule has 0 radical (unpaired) electrons. The molecule has 2 aromatic heterocycles. The molecular formula is C17H14N4O. The summed E-state index contributed by atoms with van der Waals surface area (Å²) in [6, 6.07) is 13.3. The first-order valence-corrected chi connectivity index (χ1v) is 6.87. The predicted octanol–water partition coefficient (Wildman–Crippen LogP) is 2.47. The highest BCUT2D eigenvalue weighted by Crippen LogP contribution is 2.19. The second-order valence-electron chi connectivity index (χ2n) is 4.69. The molecule has 0 aliphatic rings. The van der Waals surface area contributed by atoms with Crippen molar-refractivity contribution in [2.75, 3.05) is 0 Å². The van der Waals surface area contributed by atoms with Gasteiger partial charge in [-0.05, 0) is 11.6 Å². The largest absolute Gasteiger partial charge is 0.348 e. The maximum atomic E-state index is 12.4. The predicted molar refractivity (Wildman–Crippen MR) is 82.9 cm³/mol. The summed E-state index contributed by atoms with van der Waals surface area (Å²) in [5.74, 6) is -0.205. The lowest BCUT2D eigenvalue weighted by Gasteiger charge is -2.09. The number of aromatic nitrogens is 3. The fourth-order valence-electron chi connectivity index (χ4n) is 2.10. The van der Waals surface area contributed by atoms with Crippen molar-refractivity contribution < 1.29 is 4.79 Å². The molecule has 1 N–H and O–H groups in total. The van der Waals surface area contributed by atoms with Crippen LogP contribution in [0.15, 0.2) is 67.4 Å². The molecule has 0 atom stereocenters. The van der Waals surface area contributed by atoms with Gasteiger partial charge in [-0.25, -0.2) is 9.97 Å². The van der Waals surface area contributed by atoms with Crippen molar-refractivity contribution in [3.63, 3.8) is 0 Å². The highest BCUT2D eigenvalue weighted by Gasteiger charge is 2.14. The van der Waals surface area contributed by atoms with Crippen molar-refractivity contribution in [1.82, 2.24) is 20.3 Å². The van der Waals surface area contributed by atoms with E-state index in [9.17, 15) is 4.79 Å². The number of carbonyl (C=O) groups excluding carboxylic acids is 1. The SMILES string of the molecule is O=C(NCc1cccnc1)c1cncnc1-c1ccccc1. The number of hydrogen-bond donors (Lipinski definition) is 1. The van der Waals surface area contributed by atoms with Gasteiger partial charge in [0.1, 0.15) is 6.33 Å². The second kappa shape index (κ2) is 6.58. The van der Waals surface area contributed by atoms with Crippen LogP contribution in [0.25, 0.3) is 11.3 Å². The molecular weight excluding hydrogens is 276 g/mol. The van der Waals surface area contributed by atoms with Gasteiger partial charge in [0.25, 0.3) is 5.91 Å². The molecule has 22 heavy (non-hydrogen) atoms. The van der Waals surface area contributed by atoms with E-state index in [4.69, 9.17) is 0 Å². The van der Waals surface area contributed by atoms with Crippen molar-refractivity contribution in [3.05, 3.63) is 78.5 Å². The van der Waals surface area contributed by atoms with E-state index in [1.807, 2.05) is 42.5 Å². The lowest BCUT2D eigenvalue weighted by molar-refractivity contribution is 0.0951. The Balaban J connectivity index is 1.81. The van der Waals surface area contributed by atoms with Crippen LogP contribution in [0.2, 0.25) is 0 Å². The van der Waals surface area contributed by atoms with Crippen LogP contribution in [-0.2, 0) is 6.54 Å². The molecule has 0 bridgehead atoms. The van der Waals surface area contributed by atoms with E-state index >= 15 is 0 Å². The van der Waals surface area contributed by atoms with E-state index in [0.29, 0.717) is 17.8 Å². The maximum absolute atomic E-state index is 12.4. The normalized spacial score (nSPS) is 10.2. The minimum Gasteiger partial charge on any atom is -0.348 e. The Morgan fingerprint density at radius 2 is 1.86 bits per heavy atom. The summed E-state index contributed by atoms with van der Waals surface area (Å²) in [4.78, 5) is 24.6. The second-order valence-corrected chi connectivity index (χ2v) is 4.69. The lowest BCUT2D eigenvalue weighted by atomic mass is 10.1. The van der Waals surface area contributed by atoms with E-state index in [2.05, 4.69) is 20.3 Å². The third-order valence-electron chi connectivity index (χ3n) is 3.18. The summed E-state index contributed by atoms with van der Waals surface area (Å²) in [7, 11) is 0. The molecule has 0 aliphatic heterocycles. The van der Waals surface area contributed by atoms with Gasteiger partial charge in [-0.3, -0.25) is 9.78 Å². The first-order valence-electron chi connectivity index (χ1n) is 6.87. The van der Waals surface area contributed by atoms with Crippen LogP contribution in [0.4, 0.5) is 0 Å². The molecule has 108 valence electrons. The Morgan fingerprint density at radius 3 is 2.64 bits per heavy atom. The molecule has 0 spiro atoms. The first-order chi connectivity index (χ1) is 10.8. The van der Waals surface area contributed by atoms with Gasteiger partial charge < -0.3 is 5.32 Å². The summed E-state index contributed by atoms with van der Waals surface area (Å²) in [6.45, 7) is 0.412. The summed E-state index contributed by atoms with van der Waals surface area (Å²) in [5.41, 5.74) is 2.90. The van der Waals surface area contributed by atoms with Crippen molar-refractivity contribution in [3.8, 4) is 11.3 Å². The minimum absolute atomic E-state index is 0.205. The van der Waals surface area contributed by atoms with Crippen LogP contribution in [0.5, 0.6) is 0 Å². The minimum atomic E-state index is -0.205. The zero-order chi connectivity index (χ0) is 15.2. The standard InChI is InChI=1S/C17H14N4O/c22-17(20-10-13-5-4-8-18-9-13)15-11-19-12-21-16(15)14-6-2-1-3-7-14/h1-9,11-12H,10H2,(H,20,22). The number of nitrogens with one attached hydrogen (secondary N) is 1. The molecule has 2 heterocycles. The van der Waals surface area contributed by atoms with Gasteiger partial charge in [-0.1, -0.05) is 36.4 Å².